The summed E-state index contributed by atoms with van der Waals surface area (Å²) < 4.78 is 0. The molecular formula is C25H36N6O2. The molecule has 2 aromatic rings. The summed E-state index contributed by atoms with van der Waals surface area (Å²) in [6.07, 6.45) is 2.27. The van der Waals surface area contributed by atoms with E-state index in [0.29, 0.717) is 11.1 Å². The molecule has 1 saturated heterocycles. The van der Waals surface area contributed by atoms with Crippen LogP contribution in [-0.4, -0.2) is 94.1 Å². The molecule has 4 N–H and O–H groups in total. The van der Waals surface area contributed by atoms with Gasteiger partial charge in [-0.2, -0.15) is 0 Å². The number of nitrogens with one attached hydrogen (secondary N) is 4. The van der Waals surface area contributed by atoms with Crippen LogP contribution in [0.5, 0.6) is 0 Å². The first-order chi connectivity index (χ1) is 16.2. The molecule has 2 aromatic carbocycles. The number of benzene rings is 2. The molecule has 2 aliphatic heterocycles. The first kappa shape index (κ1) is 23.6. The summed E-state index contributed by atoms with van der Waals surface area (Å²) in [6, 6.07) is 9.49. The van der Waals surface area contributed by atoms with Crippen molar-refractivity contribution in [2.75, 3.05) is 77.8 Å². The van der Waals surface area contributed by atoms with Crippen molar-refractivity contribution in [2.24, 2.45) is 0 Å². The normalized spacial score (nSPS) is 19.5. The van der Waals surface area contributed by atoms with Gasteiger partial charge in [0.2, 0.25) is 0 Å². The second-order valence-electron chi connectivity index (χ2n) is 8.78. The third-order valence-electron chi connectivity index (χ3n) is 6.47. The van der Waals surface area contributed by atoms with Gasteiger partial charge in [-0.15, -0.1) is 0 Å². The summed E-state index contributed by atoms with van der Waals surface area (Å²) in [4.78, 5) is 28.9. The Bertz CT molecular complexity index is 943. The molecule has 0 saturated carbocycles. The number of hydrogen-bond donors (Lipinski definition) is 4. The molecule has 2 amide bonds. The lowest BCUT2D eigenvalue weighted by molar-refractivity contribution is 0.0650. The number of hydrogen-bond acceptors (Lipinski definition) is 7. The molecule has 8 nitrogen and oxygen atoms in total. The Morgan fingerprint density at radius 3 is 2.30 bits per heavy atom. The predicted octanol–water partition coefficient (Wildman–Crippen LogP) is 1.34. The highest BCUT2D eigenvalue weighted by atomic mass is 16.2. The average molecular weight is 453 g/mol. The lowest BCUT2D eigenvalue weighted by Gasteiger charge is -2.26. The highest BCUT2D eigenvalue weighted by molar-refractivity contribution is 6.26. The van der Waals surface area contributed by atoms with E-state index in [0.717, 1.165) is 94.7 Å². The van der Waals surface area contributed by atoms with E-state index >= 15 is 0 Å². The standard InChI is InChI=1S/C25H36N6O2/c1-30-24(32)20-6-2-5-19-22(8-7-21(23(19)20)25(30)33)29-15-18-31-16-4-11-27-13-12-26-9-3-10-28-14-17-31/h2,5-8,26-29H,3-4,9-18H2,1H3. The Morgan fingerprint density at radius 1 is 0.818 bits per heavy atom. The first-order valence-electron chi connectivity index (χ1n) is 12.1. The topological polar surface area (TPSA) is 88.7 Å². The van der Waals surface area contributed by atoms with Gasteiger partial charge in [-0.1, -0.05) is 12.1 Å². The summed E-state index contributed by atoms with van der Waals surface area (Å²) in [5.41, 5.74) is 2.16. The molecule has 0 bridgehead atoms. The molecule has 2 heterocycles. The van der Waals surface area contributed by atoms with Crippen molar-refractivity contribution < 1.29 is 9.59 Å². The number of rotatable bonds is 4. The van der Waals surface area contributed by atoms with Crippen molar-refractivity contribution in [1.82, 2.24) is 25.8 Å². The second-order valence-corrected chi connectivity index (χ2v) is 8.78. The molecule has 1 fully saturated rings. The molecule has 0 spiro atoms. The third-order valence-corrected chi connectivity index (χ3v) is 6.47. The van der Waals surface area contributed by atoms with Crippen molar-refractivity contribution in [3.05, 3.63) is 41.5 Å². The van der Waals surface area contributed by atoms with Gasteiger partial charge in [0.1, 0.15) is 0 Å². The fraction of sp³-hybridized carbons (Fsp3) is 0.520. The fourth-order valence-corrected chi connectivity index (χ4v) is 4.61. The fourth-order valence-electron chi connectivity index (χ4n) is 4.61. The maximum absolute atomic E-state index is 12.6. The Labute approximate surface area is 196 Å². The smallest absolute Gasteiger partial charge is 0.261 e. The molecule has 8 heteroatoms. The zero-order valence-corrected chi connectivity index (χ0v) is 19.6. The SMILES string of the molecule is CN1C(=O)c2cccc3c(NCCN4CCCNCCNCCCNCC4)ccc(c23)C1=O. The van der Waals surface area contributed by atoms with Gasteiger partial charge in [0.25, 0.3) is 11.8 Å². The zero-order chi connectivity index (χ0) is 23.0. The second kappa shape index (κ2) is 11.6. The van der Waals surface area contributed by atoms with Crippen molar-refractivity contribution >= 4 is 28.3 Å². The number of nitrogens with zero attached hydrogens (tertiary/aromatic N) is 2. The van der Waals surface area contributed by atoms with Crippen molar-refractivity contribution in [2.45, 2.75) is 12.8 Å². The maximum Gasteiger partial charge on any atom is 0.261 e. The van der Waals surface area contributed by atoms with Gasteiger partial charge in [-0.05, 0) is 57.2 Å². The van der Waals surface area contributed by atoms with Gasteiger partial charge < -0.3 is 26.2 Å². The van der Waals surface area contributed by atoms with E-state index in [1.54, 1.807) is 13.1 Å². The van der Waals surface area contributed by atoms with E-state index in [4.69, 9.17) is 0 Å². The summed E-state index contributed by atoms with van der Waals surface area (Å²) >= 11 is 0. The molecular weight excluding hydrogens is 416 g/mol. The molecule has 0 radical (unpaired) electrons. The summed E-state index contributed by atoms with van der Waals surface area (Å²) in [6.45, 7) is 9.99. The van der Waals surface area contributed by atoms with Crippen molar-refractivity contribution in [3.63, 3.8) is 0 Å². The summed E-state index contributed by atoms with van der Waals surface area (Å²) in [5.74, 6) is -0.476. The minimum absolute atomic E-state index is 0.238. The maximum atomic E-state index is 12.6. The quantitative estimate of drug-likeness (QED) is 0.521. The number of carbonyl (C=O) groups excluding carboxylic acids is 2. The van der Waals surface area contributed by atoms with Crippen LogP contribution in [0.15, 0.2) is 30.3 Å². The minimum atomic E-state index is -0.238. The third kappa shape index (κ3) is 5.70. The molecule has 33 heavy (non-hydrogen) atoms. The van der Waals surface area contributed by atoms with Crippen LogP contribution < -0.4 is 21.3 Å². The van der Waals surface area contributed by atoms with Crippen LogP contribution in [0, 0.1) is 0 Å². The lowest BCUT2D eigenvalue weighted by atomic mass is 9.93. The van der Waals surface area contributed by atoms with Crippen molar-refractivity contribution in [1.29, 1.82) is 0 Å². The largest absolute Gasteiger partial charge is 0.383 e. The van der Waals surface area contributed by atoms with Crippen LogP contribution >= 0.6 is 0 Å². The molecule has 178 valence electrons. The first-order valence-corrected chi connectivity index (χ1v) is 12.1. The van der Waals surface area contributed by atoms with Crippen LogP contribution in [0.2, 0.25) is 0 Å². The van der Waals surface area contributed by atoms with Gasteiger partial charge in [-0.25, -0.2) is 0 Å². The number of anilines is 1. The molecule has 2 aliphatic rings. The molecule has 0 aliphatic carbocycles. The van der Waals surface area contributed by atoms with Crippen LogP contribution in [0.1, 0.15) is 33.6 Å². The molecule has 0 unspecified atom stereocenters. The Balaban J connectivity index is 1.40. The van der Waals surface area contributed by atoms with Gasteiger partial charge in [-0.3, -0.25) is 14.5 Å². The number of carbonyl (C=O) groups is 2. The van der Waals surface area contributed by atoms with E-state index in [9.17, 15) is 9.59 Å². The van der Waals surface area contributed by atoms with Crippen molar-refractivity contribution in [3.8, 4) is 0 Å². The van der Waals surface area contributed by atoms with E-state index in [1.807, 2.05) is 24.3 Å². The highest BCUT2D eigenvalue weighted by Gasteiger charge is 2.30. The van der Waals surface area contributed by atoms with Gasteiger partial charge in [0.05, 0.1) is 0 Å². The number of amides is 2. The van der Waals surface area contributed by atoms with Gasteiger partial charge >= 0.3 is 0 Å². The van der Waals surface area contributed by atoms with Crippen LogP contribution in [0.4, 0.5) is 5.69 Å². The number of imide groups is 1. The van der Waals surface area contributed by atoms with Gasteiger partial charge in [0.15, 0.2) is 0 Å². The van der Waals surface area contributed by atoms with E-state index in [2.05, 4.69) is 26.2 Å². The molecule has 0 aromatic heterocycles. The summed E-state index contributed by atoms with van der Waals surface area (Å²) in [5, 5.41) is 15.8. The van der Waals surface area contributed by atoms with E-state index < -0.39 is 0 Å². The minimum Gasteiger partial charge on any atom is -0.383 e. The van der Waals surface area contributed by atoms with Crippen LogP contribution in [0.3, 0.4) is 0 Å². The Hall–Kier alpha value is -2.52. The zero-order valence-electron chi connectivity index (χ0n) is 19.6. The van der Waals surface area contributed by atoms with Crippen LogP contribution in [-0.2, 0) is 0 Å². The van der Waals surface area contributed by atoms with E-state index in [1.165, 1.54) is 4.90 Å². The molecule has 0 atom stereocenters. The lowest BCUT2D eigenvalue weighted by Crippen LogP contribution is -2.38. The Kier molecular flexibility index (Phi) is 8.28. The average Bonchev–Trinajstić information content (AvgIpc) is 2.83. The van der Waals surface area contributed by atoms with Crippen LogP contribution in [0.25, 0.3) is 10.8 Å². The monoisotopic (exact) mass is 452 g/mol. The summed E-state index contributed by atoms with van der Waals surface area (Å²) in [7, 11) is 1.54. The van der Waals surface area contributed by atoms with E-state index in [-0.39, 0.29) is 11.8 Å². The highest BCUT2D eigenvalue weighted by Crippen LogP contribution is 2.33. The molecule has 4 rings (SSSR count). The van der Waals surface area contributed by atoms with Gasteiger partial charge in [0, 0.05) is 73.9 Å². The predicted molar refractivity (Wildman–Crippen MR) is 133 cm³/mol. The Morgan fingerprint density at radius 2 is 1.52 bits per heavy atom.